The summed E-state index contributed by atoms with van der Waals surface area (Å²) in [6.07, 6.45) is 2.65. The van der Waals surface area contributed by atoms with Gasteiger partial charge < -0.3 is 19.7 Å². The van der Waals surface area contributed by atoms with Gasteiger partial charge in [0, 0.05) is 25.9 Å². The maximum atomic E-state index is 11.9. The molecule has 2 aliphatic rings. The van der Waals surface area contributed by atoms with Crippen molar-refractivity contribution in [3.8, 4) is 0 Å². The van der Waals surface area contributed by atoms with E-state index >= 15 is 0 Å². The fourth-order valence-corrected chi connectivity index (χ4v) is 2.37. The Morgan fingerprint density at radius 2 is 1.94 bits per heavy atom. The molecule has 0 atom stereocenters. The first kappa shape index (κ1) is 12.8. The first-order valence-electron chi connectivity index (χ1n) is 6.52. The van der Waals surface area contributed by atoms with Crippen LogP contribution in [-0.4, -0.2) is 56.0 Å². The zero-order valence-electron chi connectivity index (χ0n) is 10.5. The van der Waals surface area contributed by atoms with Crippen molar-refractivity contribution < 1.29 is 14.3 Å². The second-order valence-corrected chi connectivity index (χ2v) is 4.67. The lowest BCUT2D eigenvalue weighted by Gasteiger charge is -2.37. The van der Waals surface area contributed by atoms with E-state index in [1.165, 1.54) is 0 Å². The van der Waals surface area contributed by atoms with Gasteiger partial charge in [0.2, 0.25) is 5.91 Å². The second kappa shape index (κ2) is 5.80. The third-order valence-corrected chi connectivity index (χ3v) is 3.39. The predicted octanol–water partition coefficient (Wildman–Crippen LogP) is 0.352. The lowest BCUT2D eigenvalue weighted by Crippen LogP contribution is -2.49. The predicted molar refractivity (Wildman–Crippen MR) is 63.6 cm³/mol. The molecule has 5 nitrogen and oxygen atoms in total. The minimum atomic E-state index is -0.381. The van der Waals surface area contributed by atoms with E-state index in [1.807, 2.05) is 4.90 Å². The zero-order chi connectivity index (χ0) is 12.1. The van der Waals surface area contributed by atoms with Gasteiger partial charge in [-0.05, 0) is 13.0 Å². The van der Waals surface area contributed by atoms with Crippen molar-refractivity contribution in [3.63, 3.8) is 0 Å². The van der Waals surface area contributed by atoms with Crippen LogP contribution in [-0.2, 0) is 14.3 Å². The largest absolute Gasteiger partial charge is 0.347 e. The Labute approximate surface area is 102 Å². The second-order valence-electron chi connectivity index (χ2n) is 4.67. The van der Waals surface area contributed by atoms with Gasteiger partial charge in [-0.3, -0.25) is 4.79 Å². The Morgan fingerprint density at radius 1 is 1.29 bits per heavy atom. The van der Waals surface area contributed by atoms with Gasteiger partial charge >= 0.3 is 0 Å². The molecule has 0 bridgehead atoms. The molecule has 5 heteroatoms. The number of piperidine rings is 1. The van der Waals surface area contributed by atoms with Gasteiger partial charge in [0.05, 0.1) is 19.8 Å². The Bertz CT molecular complexity index is 254. The average Bonchev–Trinajstić information content (AvgIpc) is 2.79. The molecule has 98 valence electrons. The molecule has 17 heavy (non-hydrogen) atoms. The Hall–Kier alpha value is -0.650. The highest BCUT2D eigenvalue weighted by Crippen LogP contribution is 2.31. The zero-order valence-corrected chi connectivity index (χ0v) is 10.5. The Balaban J connectivity index is 1.72. The normalized spacial score (nSPS) is 23.2. The molecule has 1 amide bonds. The molecule has 2 aliphatic heterocycles. The van der Waals surface area contributed by atoms with Crippen LogP contribution >= 0.6 is 0 Å². The quantitative estimate of drug-likeness (QED) is 0.723. The highest BCUT2D eigenvalue weighted by atomic mass is 16.7. The molecule has 0 saturated carbocycles. The molecular formula is C12H22N2O3. The van der Waals surface area contributed by atoms with Crippen LogP contribution in [0.3, 0.4) is 0 Å². The number of hydrogen-bond acceptors (Lipinski definition) is 4. The van der Waals surface area contributed by atoms with E-state index in [9.17, 15) is 4.79 Å². The maximum Gasteiger partial charge on any atom is 0.236 e. The minimum Gasteiger partial charge on any atom is -0.347 e. The lowest BCUT2D eigenvalue weighted by atomic mass is 10.0. The van der Waals surface area contributed by atoms with Crippen molar-refractivity contribution in [2.75, 3.05) is 39.4 Å². The minimum absolute atomic E-state index is 0.186. The van der Waals surface area contributed by atoms with Gasteiger partial charge in [-0.25, -0.2) is 0 Å². The summed E-state index contributed by atoms with van der Waals surface area (Å²) in [5.41, 5.74) is 0. The van der Waals surface area contributed by atoms with E-state index in [0.717, 1.165) is 38.9 Å². The number of amides is 1. The van der Waals surface area contributed by atoms with Crippen molar-refractivity contribution >= 4 is 5.91 Å². The van der Waals surface area contributed by atoms with Crippen LogP contribution in [0, 0.1) is 0 Å². The molecule has 2 saturated heterocycles. The van der Waals surface area contributed by atoms with Gasteiger partial charge in [-0.15, -0.1) is 0 Å². The summed E-state index contributed by atoms with van der Waals surface area (Å²) >= 11 is 0. The highest BCUT2D eigenvalue weighted by Gasteiger charge is 2.40. The standard InChI is InChI=1S/C12H22N2O3/c1-2-5-13-10-11(15)14-6-3-12(4-7-14)16-8-9-17-12/h13H,2-10H2,1H3. The van der Waals surface area contributed by atoms with E-state index in [-0.39, 0.29) is 11.7 Å². The molecule has 0 radical (unpaired) electrons. The molecule has 0 aromatic heterocycles. The van der Waals surface area contributed by atoms with Crippen molar-refractivity contribution in [2.45, 2.75) is 32.0 Å². The number of rotatable bonds is 4. The van der Waals surface area contributed by atoms with Crippen LogP contribution in [0.25, 0.3) is 0 Å². The molecule has 0 unspecified atom stereocenters. The number of carbonyl (C=O) groups is 1. The van der Waals surface area contributed by atoms with Gasteiger partial charge in [0.25, 0.3) is 0 Å². The summed E-state index contributed by atoms with van der Waals surface area (Å²) in [5, 5.41) is 3.14. The number of nitrogens with zero attached hydrogens (tertiary/aromatic N) is 1. The maximum absolute atomic E-state index is 11.9. The fourth-order valence-electron chi connectivity index (χ4n) is 2.37. The van der Waals surface area contributed by atoms with Gasteiger partial charge in [0.15, 0.2) is 5.79 Å². The molecule has 1 N–H and O–H groups in total. The average molecular weight is 242 g/mol. The first-order chi connectivity index (χ1) is 8.26. The Kier molecular flexibility index (Phi) is 4.36. The molecule has 2 heterocycles. The van der Waals surface area contributed by atoms with Crippen molar-refractivity contribution in [1.29, 1.82) is 0 Å². The number of carbonyl (C=O) groups excluding carboxylic acids is 1. The molecule has 0 aromatic carbocycles. The van der Waals surface area contributed by atoms with Crippen LogP contribution in [0.2, 0.25) is 0 Å². The highest BCUT2D eigenvalue weighted by molar-refractivity contribution is 5.78. The van der Waals surface area contributed by atoms with Gasteiger partial charge in [-0.1, -0.05) is 6.92 Å². The first-order valence-corrected chi connectivity index (χ1v) is 6.52. The fraction of sp³-hybridized carbons (Fsp3) is 0.917. The van der Waals surface area contributed by atoms with Crippen LogP contribution in [0.1, 0.15) is 26.2 Å². The molecular weight excluding hydrogens is 220 g/mol. The lowest BCUT2D eigenvalue weighted by molar-refractivity contribution is -0.187. The van der Waals surface area contributed by atoms with E-state index in [2.05, 4.69) is 12.2 Å². The van der Waals surface area contributed by atoms with E-state index < -0.39 is 0 Å². The van der Waals surface area contributed by atoms with Crippen LogP contribution in [0.4, 0.5) is 0 Å². The number of likely N-dealkylation sites (tertiary alicyclic amines) is 1. The molecule has 0 aromatic rings. The van der Waals surface area contributed by atoms with E-state index in [1.54, 1.807) is 0 Å². The summed E-state index contributed by atoms with van der Waals surface area (Å²) < 4.78 is 11.3. The smallest absolute Gasteiger partial charge is 0.236 e. The summed E-state index contributed by atoms with van der Waals surface area (Å²) in [6.45, 7) is 6.30. The number of hydrogen-bond donors (Lipinski definition) is 1. The van der Waals surface area contributed by atoms with E-state index in [0.29, 0.717) is 19.8 Å². The third-order valence-electron chi connectivity index (χ3n) is 3.39. The molecule has 2 rings (SSSR count). The SMILES string of the molecule is CCCNCC(=O)N1CCC2(CC1)OCCO2. The molecule has 2 fully saturated rings. The monoisotopic (exact) mass is 242 g/mol. The van der Waals surface area contributed by atoms with Crippen LogP contribution in [0.15, 0.2) is 0 Å². The van der Waals surface area contributed by atoms with Gasteiger partial charge in [-0.2, -0.15) is 0 Å². The molecule has 1 spiro atoms. The van der Waals surface area contributed by atoms with E-state index in [4.69, 9.17) is 9.47 Å². The summed E-state index contributed by atoms with van der Waals surface area (Å²) in [6, 6.07) is 0. The summed E-state index contributed by atoms with van der Waals surface area (Å²) in [5.74, 6) is -0.195. The molecule has 0 aliphatic carbocycles. The van der Waals surface area contributed by atoms with Crippen molar-refractivity contribution in [2.24, 2.45) is 0 Å². The summed E-state index contributed by atoms with van der Waals surface area (Å²) in [7, 11) is 0. The van der Waals surface area contributed by atoms with Crippen LogP contribution in [0.5, 0.6) is 0 Å². The van der Waals surface area contributed by atoms with Crippen molar-refractivity contribution in [1.82, 2.24) is 10.2 Å². The topological polar surface area (TPSA) is 50.8 Å². The van der Waals surface area contributed by atoms with Crippen LogP contribution < -0.4 is 5.32 Å². The number of nitrogens with one attached hydrogen (secondary N) is 1. The third kappa shape index (κ3) is 3.18. The Morgan fingerprint density at radius 3 is 2.53 bits per heavy atom. The number of ether oxygens (including phenoxy) is 2. The summed E-state index contributed by atoms with van der Waals surface area (Å²) in [4.78, 5) is 13.8. The van der Waals surface area contributed by atoms with Crippen molar-refractivity contribution in [3.05, 3.63) is 0 Å². The van der Waals surface area contributed by atoms with Gasteiger partial charge in [0.1, 0.15) is 0 Å².